The summed E-state index contributed by atoms with van der Waals surface area (Å²) < 4.78 is 9.30. The SMILES string of the molecule is CC(C)(C)NCCCc1nnc(-c2cnns2)o1. The Kier molecular flexibility index (Phi) is 4.03. The highest BCUT2D eigenvalue weighted by molar-refractivity contribution is 7.09. The highest BCUT2D eigenvalue weighted by atomic mass is 32.1. The zero-order chi connectivity index (χ0) is 13.0. The van der Waals surface area contributed by atoms with Crippen LogP contribution in [0.15, 0.2) is 10.6 Å². The van der Waals surface area contributed by atoms with E-state index in [1.165, 1.54) is 11.5 Å². The molecule has 0 fully saturated rings. The van der Waals surface area contributed by atoms with E-state index in [9.17, 15) is 0 Å². The van der Waals surface area contributed by atoms with Gasteiger partial charge in [-0.1, -0.05) is 4.49 Å². The van der Waals surface area contributed by atoms with Crippen LogP contribution in [0.1, 0.15) is 33.1 Å². The van der Waals surface area contributed by atoms with Crippen molar-refractivity contribution in [3.05, 3.63) is 12.1 Å². The Morgan fingerprint density at radius 1 is 1.33 bits per heavy atom. The Bertz CT molecular complexity index is 474. The number of rotatable bonds is 5. The van der Waals surface area contributed by atoms with Gasteiger partial charge in [0.2, 0.25) is 5.89 Å². The molecular formula is C11H17N5OS. The monoisotopic (exact) mass is 267 g/mol. The summed E-state index contributed by atoms with van der Waals surface area (Å²) in [5.74, 6) is 1.16. The van der Waals surface area contributed by atoms with Crippen molar-refractivity contribution >= 4 is 11.5 Å². The largest absolute Gasteiger partial charge is 0.420 e. The fourth-order valence-corrected chi connectivity index (χ4v) is 1.86. The molecule has 98 valence electrons. The molecular weight excluding hydrogens is 250 g/mol. The van der Waals surface area contributed by atoms with E-state index in [0.29, 0.717) is 11.8 Å². The maximum absolute atomic E-state index is 5.54. The van der Waals surface area contributed by atoms with Crippen LogP contribution in [0, 0.1) is 0 Å². The zero-order valence-corrected chi connectivity index (χ0v) is 11.6. The summed E-state index contributed by atoms with van der Waals surface area (Å²) in [6.45, 7) is 7.38. The molecule has 2 heterocycles. The molecule has 0 aliphatic rings. The van der Waals surface area contributed by atoms with Crippen LogP contribution in [0.5, 0.6) is 0 Å². The first kappa shape index (κ1) is 13.1. The molecule has 2 aromatic rings. The van der Waals surface area contributed by atoms with Gasteiger partial charge in [-0.3, -0.25) is 0 Å². The molecule has 0 spiro atoms. The lowest BCUT2D eigenvalue weighted by molar-refractivity contribution is 0.413. The van der Waals surface area contributed by atoms with Gasteiger partial charge in [-0.15, -0.1) is 15.3 Å². The maximum atomic E-state index is 5.54. The molecule has 0 aromatic carbocycles. The second-order valence-electron chi connectivity index (χ2n) is 5.06. The quantitative estimate of drug-likeness (QED) is 0.834. The van der Waals surface area contributed by atoms with E-state index in [2.05, 4.69) is 45.9 Å². The molecule has 0 amide bonds. The standard InChI is InChI=1S/C11H17N5OS/c1-11(2,3)12-6-4-5-9-14-15-10(17-9)8-7-13-16-18-8/h7,12H,4-6H2,1-3H3. The summed E-state index contributed by atoms with van der Waals surface area (Å²) >= 11 is 1.25. The van der Waals surface area contributed by atoms with Gasteiger partial charge >= 0.3 is 0 Å². The topological polar surface area (TPSA) is 76.7 Å². The molecule has 0 radical (unpaired) electrons. The highest BCUT2D eigenvalue weighted by Gasteiger charge is 2.11. The fraction of sp³-hybridized carbons (Fsp3) is 0.636. The van der Waals surface area contributed by atoms with Gasteiger partial charge in [-0.25, -0.2) is 0 Å². The average molecular weight is 267 g/mol. The van der Waals surface area contributed by atoms with Crippen LogP contribution in [0.3, 0.4) is 0 Å². The molecule has 0 unspecified atom stereocenters. The normalized spacial score (nSPS) is 11.9. The lowest BCUT2D eigenvalue weighted by atomic mass is 10.1. The van der Waals surface area contributed by atoms with E-state index >= 15 is 0 Å². The number of nitrogens with zero attached hydrogens (tertiary/aromatic N) is 4. The maximum Gasteiger partial charge on any atom is 0.261 e. The molecule has 2 rings (SSSR count). The Hall–Kier alpha value is -1.34. The van der Waals surface area contributed by atoms with Crippen molar-refractivity contribution in [1.82, 2.24) is 25.1 Å². The van der Waals surface area contributed by atoms with Gasteiger partial charge in [0.15, 0.2) is 0 Å². The number of hydrogen-bond donors (Lipinski definition) is 1. The van der Waals surface area contributed by atoms with Crippen molar-refractivity contribution in [1.29, 1.82) is 0 Å². The lowest BCUT2D eigenvalue weighted by Crippen LogP contribution is -2.36. The Labute approximate surface area is 110 Å². The molecule has 0 aliphatic heterocycles. The number of aryl methyl sites for hydroxylation is 1. The minimum atomic E-state index is 0.147. The second-order valence-corrected chi connectivity index (χ2v) is 5.85. The minimum Gasteiger partial charge on any atom is -0.420 e. The van der Waals surface area contributed by atoms with Gasteiger partial charge in [0.1, 0.15) is 4.88 Å². The first-order valence-electron chi connectivity index (χ1n) is 5.90. The van der Waals surface area contributed by atoms with Gasteiger partial charge in [-0.05, 0) is 45.3 Å². The zero-order valence-electron chi connectivity index (χ0n) is 10.8. The van der Waals surface area contributed by atoms with Crippen molar-refractivity contribution in [2.24, 2.45) is 0 Å². The fourth-order valence-electron chi connectivity index (χ4n) is 1.42. The molecule has 0 aliphatic carbocycles. The third-order valence-corrected chi connectivity index (χ3v) is 2.91. The van der Waals surface area contributed by atoms with Crippen LogP contribution in [0.4, 0.5) is 0 Å². The molecule has 6 nitrogen and oxygen atoms in total. The van der Waals surface area contributed by atoms with E-state index in [4.69, 9.17) is 4.42 Å². The van der Waals surface area contributed by atoms with Gasteiger partial charge in [0.05, 0.1) is 6.20 Å². The number of nitrogens with one attached hydrogen (secondary N) is 1. The van der Waals surface area contributed by atoms with Crippen molar-refractivity contribution in [3.63, 3.8) is 0 Å². The predicted molar refractivity (Wildman–Crippen MR) is 69.3 cm³/mol. The summed E-state index contributed by atoms with van der Waals surface area (Å²) in [5, 5.41) is 15.2. The van der Waals surface area contributed by atoms with Gasteiger partial charge in [-0.2, -0.15) is 0 Å². The second kappa shape index (κ2) is 5.53. The molecule has 18 heavy (non-hydrogen) atoms. The minimum absolute atomic E-state index is 0.147. The van der Waals surface area contributed by atoms with Crippen LogP contribution in [0.25, 0.3) is 10.8 Å². The Morgan fingerprint density at radius 2 is 2.17 bits per heavy atom. The van der Waals surface area contributed by atoms with Crippen LogP contribution in [0.2, 0.25) is 0 Å². The summed E-state index contributed by atoms with van der Waals surface area (Å²) in [5.41, 5.74) is 0.147. The molecule has 7 heteroatoms. The molecule has 0 atom stereocenters. The van der Waals surface area contributed by atoms with E-state index < -0.39 is 0 Å². The van der Waals surface area contributed by atoms with Crippen molar-refractivity contribution < 1.29 is 4.42 Å². The van der Waals surface area contributed by atoms with Gasteiger partial charge in [0.25, 0.3) is 5.89 Å². The molecule has 0 saturated heterocycles. The summed E-state index contributed by atoms with van der Waals surface area (Å²) in [7, 11) is 0. The molecule has 0 saturated carbocycles. The van der Waals surface area contributed by atoms with Crippen LogP contribution in [-0.2, 0) is 6.42 Å². The molecule has 1 N–H and O–H groups in total. The number of aromatic nitrogens is 4. The predicted octanol–water partition coefficient (Wildman–Crippen LogP) is 1.91. The lowest BCUT2D eigenvalue weighted by Gasteiger charge is -2.19. The van der Waals surface area contributed by atoms with Crippen molar-refractivity contribution in [2.75, 3.05) is 6.54 Å². The summed E-state index contributed by atoms with van der Waals surface area (Å²) in [4.78, 5) is 0.807. The Balaban J connectivity index is 1.81. The van der Waals surface area contributed by atoms with E-state index in [0.717, 1.165) is 24.3 Å². The first-order chi connectivity index (χ1) is 8.54. The van der Waals surface area contributed by atoms with Crippen molar-refractivity contribution in [2.45, 2.75) is 39.2 Å². The highest BCUT2D eigenvalue weighted by Crippen LogP contribution is 2.19. The van der Waals surface area contributed by atoms with E-state index in [1.54, 1.807) is 6.20 Å². The van der Waals surface area contributed by atoms with Crippen LogP contribution in [-0.4, -0.2) is 31.9 Å². The van der Waals surface area contributed by atoms with Crippen LogP contribution < -0.4 is 5.32 Å². The number of hydrogen-bond acceptors (Lipinski definition) is 7. The van der Waals surface area contributed by atoms with Crippen LogP contribution >= 0.6 is 11.5 Å². The third kappa shape index (κ3) is 3.85. The molecule has 2 aromatic heterocycles. The average Bonchev–Trinajstić information content (AvgIpc) is 2.93. The summed E-state index contributed by atoms with van der Waals surface area (Å²) in [6, 6.07) is 0. The smallest absolute Gasteiger partial charge is 0.261 e. The van der Waals surface area contributed by atoms with Crippen molar-refractivity contribution in [3.8, 4) is 10.8 Å². The van der Waals surface area contributed by atoms with E-state index in [-0.39, 0.29) is 5.54 Å². The van der Waals surface area contributed by atoms with Gasteiger partial charge in [0, 0.05) is 12.0 Å². The Morgan fingerprint density at radius 3 is 2.83 bits per heavy atom. The summed E-state index contributed by atoms with van der Waals surface area (Å²) in [6.07, 6.45) is 3.38. The first-order valence-corrected chi connectivity index (χ1v) is 6.67. The molecule has 0 bridgehead atoms. The third-order valence-electron chi connectivity index (χ3n) is 2.26. The van der Waals surface area contributed by atoms with Gasteiger partial charge < -0.3 is 9.73 Å². The van der Waals surface area contributed by atoms with E-state index in [1.807, 2.05) is 0 Å².